The number of benzene rings is 3. The van der Waals surface area contributed by atoms with E-state index in [4.69, 9.17) is 9.47 Å². The zero-order chi connectivity index (χ0) is 19.8. The van der Waals surface area contributed by atoms with Crippen molar-refractivity contribution >= 4 is 11.8 Å². The lowest BCUT2D eigenvalue weighted by Gasteiger charge is -2.13. The van der Waals surface area contributed by atoms with E-state index >= 15 is 0 Å². The smallest absolute Gasteiger partial charge is 0.273 e. The highest BCUT2D eigenvalue weighted by Gasteiger charge is 2.15. The van der Waals surface area contributed by atoms with E-state index in [1.807, 2.05) is 30.3 Å². The van der Waals surface area contributed by atoms with Crippen LogP contribution in [0.1, 0.15) is 26.3 Å². The fraction of sp³-hybridized carbons (Fsp3) is 0.0909. The van der Waals surface area contributed by atoms with Gasteiger partial charge in [0.25, 0.3) is 11.8 Å². The summed E-state index contributed by atoms with van der Waals surface area (Å²) in [5.41, 5.74) is 6.44. The molecule has 0 atom stereocenters. The van der Waals surface area contributed by atoms with E-state index in [9.17, 15) is 9.59 Å². The van der Waals surface area contributed by atoms with Crippen LogP contribution < -0.4 is 20.3 Å². The van der Waals surface area contributed by atoms with Crippen molar-refractivity contribution in [1.82, 2.24) is 10.9 Å². The van der Waals surface area contributed by atoms with Crippen LogP contribution in [0.15, 0.2) is 78.9 Å². The van der Waals surface area contributed by atoms with Crippen LogP contribution in [0.5, 0.6) is 11.5 Å². The van der Waals surface area contributed by atoms with Gasteiger partial charge in [-0.05, 0) is 29.8 Å². The summed E-state index contributed by atoms with van der Waals surface area (Å²) in [5.74, 6) is -0.114. The average molecular weight is 376 g/mol. The molecule has 0 aromatic heterocycles. The maximum atomic E-state index is 12.5. The summed E-state index contributed by atoms with van der Waals surface area (Å²) in [7, 11) is 1.48. The van der Waals surface area contributed by atoms with Crippen molar-refractivity contribution < 1.29 is 19.1 Å². The average Bonchev–Trinajstić information content (AvgIpc) is 2.76. The monoisotopic (exact) mass is 376 g/mol. The van der Waals surface area contributed by atoms with E-state index in [2.05, 4.69) is 10.9 Å². The van der Waals surface area contributed by atoms with Gasteiger partial charge in [-0.2, -0.15) is 0 Å². The number of methoxy groups -OCH3 is 1. The Morgan fingerprint density at radius 3 is 1.82 bits per heavy atom. The van der Waals surface area contributed by atoms with Crippen molar-refractivity contribution in [1.29, 1.82) is 0 Å². The molecule has 0 radical (unpaired) electrons. The van der Waals surface area contributed by atoms with Crippen LogP contribution >= 0.6 is 0 Å². The Bertz CT molecular complexity index is 958. The maximum absolute atomic E-state index is 12.5. The SMILES string of the molecule is COc1ccccc1C(=O)NNC(=O)c1ccccc1OCc1ccccc1. The van der Waals surface area contributed by atoms with Gasteiger partial charge in [0.1, 0.15) is 18.1 Å². The lowest BCUT2D eigenvalue weighted by molar-refractivity contribution is 0.0842. The highest BCUT2D eigenvalue weighted by molar-refractivity contribution is 6.01. The molecular formula is C22H20N2O4. The van der Waals surface area contributed by atoms with Gasteiger partial charge in [0.15, 0.2) is 0 Å². The first kappa shape index (κ1) is 19.0. The van der Waals surface area contributed by atoms with Crippen molar-refractivity contribution in [2.45, 2.75) is 6.61 Å². The molecule has 0 spiro atoms. The van der Waals surface area contributed by atoms with Gasteiger partial charge >= 0.3 is 0 Å². The predicted octanol–water partition coefficient (Wildman–Crippen LogP) is 3.35. The molecule has 0 aliphatic carbocycles. The lowest BCUT2D eigenvalue weighted by atomic mass is 10.2. The molecule has 142 valence electrons. The summed E-state index contributed by atoms with van der Waals surface area (Å²) >= 11 is 0. The van der Waals surface area contributed by atoms with E-state index in [1.54, 1.807) is 48.5 Å². The fourth-order valence-corrected chi connectivity index (χ4v) is 2.60. The van der Waals surface area contributed by atoms with Crippen LogP contribution in [-0.2, 0) is 6.61 Å². The molecule has 6 heteroatoms. The Kier molecular flexibility index (Phi) is 6.25. The van der Waals surface area contributed by atoms with E-state index in [-0.39, 0.29) is 0 Å². The zero-order valence-electron chi connectivity index (χ0n) is 15.3. The first-order chi connectivity index (χ1) is 13.7. The van der Waals surface area contributed by atoms with Crippen LogP contribution in [-0.4, -0.2) is 18.9 Å². The van der Waals surface area contributed by atoms with E-state index < -0.39 is 11.8 Å². The Balaban J connectivity index is 1.65. The molecule has 3 aromatic rings. The summed E-state index contributed by atoms with van der Waals surface area (Å²) < 4.78 is 10.9. The van der Waals surface area contributed by atoms with Gasteiger partial charge < -0.3 is 9.47 Å². The normalized spacial score (nSPS) is 10.0. The largest absolute Gasteiger partial charge is 0.496 e. The highest BCUT2D eigenvalue weighted by atomic mass is 16.5. The second kappa shape index (κ2) is 9.23. The Hall–Kier alpha value is -3.80. The summed E-state index contributed by atoms with van der Waals surface area (Å²) in [6.07, 6.45) is 0. The Morgan fingerprint density at radius 1 is 0.714 bits per heavy atom. The van der Waals surface area contributed by atoms with Crippen molar-refractivity contribution in [2.24, 2.45) is 0 Å². The maximum Gasteiger partial charge on any atom is 0.273 e. The van der Waals surface area contributed by atoms with Gasteiger partial charge in [0.05, 0.1) is 18.2 Å². The molecule has 0 aliphatic rings. The lowest BCUT2D eigenvalue weighted by Crippen LogP contribution is -2.41. The van der Waals surface area contributed by atoms with Crippen LogP contribution in [0.3, 0.4) is 0 Å². The number of para-hydroxylation sites is 2. The predicted molar refractivity (Wildman–Crippen MR) is 105 cm³/mol. The van der Waals surface area contributed by atoms with Gasteiger partial charge in [-0.15, -0.1) is 0 Å². The molecule has 0 saturated heterocycles. The molecule has 0 saturated carbocycles. The second-order valence-corrected chi connectivity index (χ2v) is 5.88. The van der Waals surface area contributed by atoms with Crippen LogP contribution in [0.25, 0.3) is 0 Å². The zero-order valence-corrected chi connectivity index (χ0v) is 15.3. The summed E-state index contributed by atoms with van der Waals surface area (Å²) in [6, 6.07) is 23.2. The van der Waals surface area contributed by atoms with Crippen molar-refractivity contribution in [3.63, 3.8) is 0 Å². The number of carbonyl (C=O) groups is 2. The molecule has 0 unspecified atom stereocenters. The molecule has 3 aromatic carbocycles. The van der Waals surface area contributed by atoms with E-state index in [0.29, 0.717) is 29.2 Å². The minimum atomic E-state index is -0.480. The van der Waals surface area contributed by atoms with E-state index in [0.717, 1.165) is 5.56 Å². The highest BCUT2D eigenvalue weighted by Crippen LogP contribution is 2.20. The van der Waals surface area contributed by atoms with E-state index in [1.165, 1.54) is 7.11 Å². The molecule has 0 aliphatic heterocycles. The third-order valence-corrected chi connectivity index (χ3v) is 4.01. The quantitative estimate of drug-likeness (QED) is 0.647. The number of amides is 2. The Labute approximate surface area is 163 Å². The number of nitrogens with one attached hydrogen (secondary N) is 2. The van der Waals surface area contributed by atoms with Gasteiger partial charge in [-0.1, -0.05) is 54.6 Å². The molecule has 6 nitrogen and oxygen atoms in total. The first-order valence-electron chi connectivity index (χ1n) is 8.68. The summed E-state index contributed by atoms with van der Waals surface area (Å²) in [4.78, 5) is 24.8. The Morgan fingerprint density at radius 2 is 1.21 bits per heavy atom. The topological polar surface area (TPSA) is 76.7 Å². The number of ether oxygens (including phenoxy) is 2. The molecule has 28 heavy (non-hydrogen) atoms. The molecule has 0 bridgehead atoms. The van der Waals surface area contributed by atoms with Gasteiger partial charge in [0.2, 0.25) is 0 Å². The molecule has 0 fully saturated rings. The van der Waals surface area contributed by atoms with Crippen LogP contribution in [0.4, 0.5) is 0 Å². The summed E-state index contributed by atoms with van der Waals surface area (Å²) in [5, 5.41) is 0. The van der Waals surface area contributed by atoms with Crippen LogP contribution in [0, 0.1) is 0 Å². The molecular weight excluding hydrogens is 356 g/mol. The number of hydrazine groups is 1. The van der Waals surface area contributed by atoms with Gasteiger partial charge in [-0.3, -0.25) is 20.4 Å². The van der Waals surface area contributed by atoms with Crippen molar-refractivity contribution in [3.8, 4) is 11.5 Å². The fourth-order valence-electron chi connectivity index (χ4n) is 2.60. The number of rotatable bonds is 6. The first-order valence-corrected chi connectivity index (χ1v) is 8.68. The van der Waals surface area contributed by atoms with Gasteiger partial charge in [-0.25, -0.2) is 0 Å². The van der Waals surface area contributed by atoms with Crippen LogP contribution in [0.2, 0.25) is 0 Å². The third-order valence-electron chi connectivity index (χ3n) is 4.01. The molecule has 2 N–H and O–H groups in total. The standard InChI is InChI=1S/C22H20N2O4/c1-27-19-13-7-5-11-17(19)21(25)23-24-22(26)18-12-6-8-14-20(18)28-15-16-9-3-2-4-10-16/h2-14H,15H2,1H3,(H,23,25)(H,24,26). The van der Waals surface area contributed by atoms with Crippen molar-refractivity contribution in [3.05, 3.63) is 95.6 Å². The molecule has 3 rings (SSSR count). The van der Waals surface area contributed by atoms with Crippen molar-refractivity contribution in [2.75, 3.05) is 7.11 Å². The minimum absolute atomic E-state index is 0.318. The molecule has 2 amide bonds. The third kappa shape index (κ3) is 4.67. The summed E-state index contributed by atoms with van der Waals surface area (Å²) in [6.45, 7) is 0.332. The van der Waals surface area contributed by atoms with Gasteiger partial charge in [0, 0.05) is 0 Å². The number of hydrogen-bond acceptors (Lipinski definition) is 4. The number of hydrogen-bond donors (Lipinski definition) is 2. The number of carbonyl (C=O) groups excluding carboxylic acids is 2. The minimum Gasteiger partial charge on any atom is -0.496 e. The molecule has 0 heterocycles. The second-order valence-electron chi connectivity index (χ2n) is 5.88.